The van der Waals surface area contributed by atoms with E-state index in [4.69, 9.17) is 9.15 Å². The van der Waals surface area contributed by atoms with Crippen molar-refractivity contribution in [2.24, 2.45) is 0 Å². The van der Waals surface area contributed by atoms with Gasteiger partial charge in [0.2, 0.25) is 5.89 Å². The number of carbonyl (C=O) groups excluding carboxylic acids is 1. The predicted octanol–water partition coefficient (Wildman–Crippen LogP) is 5.44. The number of benzene rings is 3. The van der Waals surface area contributed by atoms with Gasteiger partial charge in [-0.05, 0) is 79.9 Å². The molecule has 1 N–H and O–H groups in total. The van der Waals surface area contributed by atoms with Crippen LogP contribution < -0.4 is 10.1 Å². The molecular weight excluding hydrogens is 376 g/mol. The van der Waals surface area contributed by atoms with Crippen LogP contribution in [-0.2, 0) is 6.54 Å². The average Bonchev–Trinajstić information content (AvgIpc) is 3.16. The second kappa shape index (κ2) is 8.41. The van der Waals surface area contributed by atoms with E-state index in [1.54, 1.807) is 12.1 Å². The summed E-state index contributed by atoms with van der Waals surface area (Å²) in [6.07, 6.45) is 0. The molecule has 1 amide bonds. The van der Waals surface area contributed by atoms with Crippen molar-refractivity contribution in [3.63, 3.8) is 0 Å². The normalized spacial score (nSPS) is 10.9. The van der Waals surface area contributed by atoms with Crippen LogP contribution >= 0.6 is 0 Å². The summed E-state index contributed by atoms with van der Waals surface area (Å²) in [6, 6.07) is 19.1. The van der Waals surface area contributed by atoms with Crippen molar-refractivity contribution in [3.05, 3.63) is 82.9 Å². The summed E-state index contributed by atoms with van der Waals surface area (Å²) in [6.45, 7) is 7.05. The number of aromatic nitrogens is 1. The third-order valence-electron chi connectivity index (χ3n) is 5.07. The van der Waals surface area contributed by atoms with E-state index in [0.29, 0.717) is 30.4 Å². The van der Waals surface area contributed by atoms with E-state index < -0.39 is 0 Å². The number of nitrogens with one attached hydrogen (secondary N) is 1. The van der Waals surface area contributed by atoms with Crippen LogP contribution in [0.15, 0.2) is 65.1 Å². The summed E-state index contributed by atoms with van der Waals surface area (Å²) in [7, 11) is 0. The van der Waals surface area contributed by atoms with Crippen LogP contribution in [0.25, 0.3) is 22.6 Å². The highest BCUT2D eigenvalue weighted by molar-refractivity contribution is 5.94. The lowest BCUT2D eigenvalue weighted by Gasteiger charge is -2.08. The van der Waals surface area contributed by atoms with Crippen LogP contribution in [0.5, 0.6) is 5.75 Å². The van der Waals surface area contributed by atoms with Crippen LogP contribution in [0.4, 0.5) is 0 Å². The van der Waals surface area contributed by atoms with Gasteiger partial charge >= 0.3 is 0 Å². The van der Waals surface area contributed by atoms with Crippen LogP contribution in [0.1, 0.15) is 34.0 Å². The molecule has 3 aromatic carbocycles. The molecule has 0 radical (unpaired) electrons. The Morgan fingerprint density at radius 1 is 1.03 bits per heavy atom. The molecule has 1 aromatic heterocycles. The Hall–Kier alpha value is -3.60. The zero-order valence-electron chi connectivity index (χ0n) is 17.4. The lowest BCUT2D eigenvalue weighted by atomic mass is 10.1. The van der Waals surface area contributed by atoms with Gasteiger partial charge in [0.25, 0.3) is 5.91 Å². The minimum absolute atomic E-state index is 0.134. The number of nitrogens with zero attached hydrogens (tertiary/aromatic N) is 1. The average molecular weight is 400 g/mol. The van der Waals surface area contributed by atoms with Crippen molar-refractivity contribution < 1.29 is 13.9 Å². The molecule has 0 fully saturated rings. The van der Waals surface area contributed by atoms with Crippen molar-refractivity contribution in [3.8, 4) is 17.2 Å². The maximum atomic E-state index is 12.4. The molecule has 4 aromatic rings. The fourth-order valence-corrected chi connectivity index (χ4v) is 3.25. The maximum absolute atomic E-state index is 12.4. The number of ether oxygens (including phenoxy) is 1. The number of hydrogen-bond acceptors (Lipinski definition) is 4. The Morgan fingerprint density at radius 2 is 1.80 bits per heavy atom. The van der Waals surface area contributed by atoms with Crippen LogP contribution in [0, 0.1) is 13.8 Å². The van der Waals surface area contributed by atoms with E-state index in [1.165, 1.54) is 11.1 Å². The van der Waals surface area contributed by atoms with E-state index in [-0.39, 0.29) is 5.91 Å². The molecule has 5 nitrogen and oxygen atoms in total. The van der Waals surface area contributed by atoms with E-state index in [1.807, 2.05) is 55.5 Å². The summed E-state index contributed by atoms with van der Waals surface area (Å²) in [5.74, 6) is 1.15. The first-order chi connectivity index (χ1) is 14.5. The van der Waals surface area contributed by atoms with Crippen LogP contribution in [0.3, 0.4) is 0 Å². The van der Waals surface area contributed by atoms with Gasteiger partial charge in [0.05, 0.1) is 6.61 Å². The van der Waals surface area contributed by atoms with E-state index >= 15 is 0 Å². The zero-order valence-corrected chi connectivity index (χ0v) is 17.4. The molecule has 0 atom stereocenters. The molecule has 30 heavy (non-hydrogen) atoms. The number of aryl methyl sites for hydroxylation is 2. The van der Waals surface area contributed by atoms with Crippen molar-refractivity contribution in [1.29, 1.82) is 0 Å². The molecule has 5 heteroatoms. The summed E-state index contributed by atoms with van der Waals surface area (Å²) < 4.78 is 11.4. The van der Waals surface area contributed by atoms with Crippen molar-refractivity contribution in [2.45, 2.75) is 27.3 Å². The first-order valence-corrected chi connectivity index (χ1v) is 10.0. The van der Waals surface area contributed by atoms with E-state index in [2.05, 4.69) is 24.1 Å². The molecule has 1 heterocycles. The number of rotatable bonds is 6. The quantitative estimate of drug-likeness (QED) is 0.468. The molecule has 0 unspecified atom stereocenters. The molecule has 4 rings (SSSR count). The molecule has 0 spiro atoms. The lowest BCUT2D eigenvalue weighted by molar-refractivity contribution is 0.0950. The van der Waals surface area contributed by atoms with Crippen LogP contribution in [-0.4, -0.2) is 17.5 Å². The maximum Gasteiger partial charge on any atom is 0.251 e. The van der Waals surface area contributed by atoms with Gasteiger partial charge < -0.3 is 14.5 Å². The van der Waals surface area contributed by atoms with E-state index in [9.17, 15) is 4.79 Å². The fraction of sp³-hybridized carbons (Fsp3) is 0.200. The Kier molecular flexibility index (Phi) is 5.53. The highest BCUT2D eigenvalue weighted by atomic mass is 16.5. The molecule has 0 bridgehead atoms. The van der Waals surface area contributed by atoms with E-state index in [0.717, 1.165) is 22.2 Å². The SMILES string of the molecule is CCOc1cccc(C(=O)NCc2ccc(-c3nc4cc(C)c(C)cc4o3)cc2)c1. The molecule has 0 saturated carbocycles. The molecule has 0 aliphatic carbocycles. The monoisotopic (exact) mass is 400 g/mol. The minimum Gasteiger partial charge on any atom is -0.494 e. The first-order valence-electron chi connectivity index (χ1n) is 10.0. The third-order valence-corrected chi connectivity index (χ3v) is 5.07. The third kappa shape index (κ3) is 4.20. The second-order valence-electron chi connectivity index (χ2n) is 7.26. The Labute approximate surface area is 175 Å². The lowest BCUT2D eigenvalue weighted by Crippen LogP contribution is -2.22. The summed E-state index contributed by atoms with van der Waals surface area (Å²) in [4.78, 5) is 17.0. The summed E-state index contributed by atoms with van der Waals surface area (Å²) in [5.41, 5.74) is 6.51. The molecule has 0 aliphatic rings. The number of amides is 1. The van der Waals surface area contributed by atoms with Gasteiger partial charge in [-0.1, -0.05) is 18.2 Å². The minimum atomic E-state index is -0.134. The molecule has 0 saturated heterocycles. The number of carbonyl (C=O) groups is 1. The van der Waals surface area contributed by atoms with Crippen molar-refractivity contribution in [1.82, 2.24) is 10.3 Å². The largest absolute Gasteiger partial charge is 0.494 e. The van der Waals surface area contributed by atoms with Gasteiger partial charge in [-0.15, -0.1) is 0 Å². The molecule has 152 valence electrons. The second-order valence-corrected chi connectivity index (χ2v) is 7.26. The van der Waals surface area contributed by atoms with Gasteiger partial charge in [-0.25, -0.2) is 4.98 Å². The van der Waals surface area contributed by atoms with Gasteiger partial charge in [0.1, 0.15) is 11.3 Å². The van der Waals surface area contributed by atoms with Gasteiger partial charge in [-0.3, -0.25) is 4.79 Å². The highest BCUT2D eigenvalue weighted by Gasteiger charge is 2.10. The van der Waals surface area contributed by atoms with Crippen LogP contribution in [0.2, 0.25) is 0 Å². The smallest absolute Gasteiger partial charge is 0.251 e. The molecule has 0 aliphatic heterocycles. The predicted molar refractivity (Wildman–Crippen MR) is 118 cm³/mol. The first kappa shape index (κ1) is 19.7. The Balaban J connectivity index is 1.44. The topological polar surface area (TPSA) is 64.4 Å². The molecular formula is C25H24N2O3. The van der Waals surface area contributed by atoms with Crippen molar-refractivity contribution >= 4 is 17.0 Å². The standard InChI is InChI=1S/C25H24N2O3/c1-4-29-21-7-5-6-20(14-21)24(28)26-15-18-8-10-19(11-9-18)25-27-22-12-16(2)17(3)13-23(22)30-25/h5-14H,4,15H2,1-3H3,(H,26,28). The summed E-state index contributed by atoms with van der Waals surface area (Å²) >= 11 is 0. The van der Waals surface area contributed by atoms with Crippen molar-refractivity contribution in [2.75, 3.05) is 6.61 Å². The summed E-state index contributed by atoms with van der Waals surface area (Å²) in [5, 5.41) is 2.94. The van der Waals surface area contributed by atoms with Gasteiger partial charge in [0.15, 0.2) is 5.58 Å². The Bertz CT molecular complexity index is 1150. The van der Waals surface area contributed by atoms with Gasteiger partial charge in [0, 0.05) is 17.7 Å². The number of oxazole rings is 1. The number of fused-ring (bicyclic) bond motifs is 1. The van der Waals surface area contributed by atoms with Gasteiger partial charge in [-0.2, -0.15) is 0 Å². The number of hydrogen-bond donors (Lipinski definition) is 1. The zero-order chi connectivity index (χ0) is 21.1. The Morgan fingerprint density at radius 3 is 2.57 bits per heavy atom. The highest BCUT2D eigenvalue weighted by Crippen LogP contribution is 2.26. The fourth-order valence-electron chi connectivity index (χ4n) is 3.25.